The Bertz CT molecular complexity index is 626. The molecule has 1 N–H and O–H groups in total. The van der Waals surface area contributed by atoms with Gasteiger partial charge in [-0.3, -0.25) is 9.59 Å². The number of benzene rings is 1. The third kappa shape index (κ3) is 4.46. The average molecular weight is 351 g/mol. The Morgan fingerprint density at radius 3 is 2.76 bits per heavy atom. The highest BCUT2D eigenvalue weighted by molar-refractivity contribution is 9.10. The molecule has 1 aromatic heterocycles. The van der Waals surface area contributed by atoms with Crippen LogP contribution in [-0.4, -0.2) is 30.3 Å². The molecule has 0 fully saturated rings. The molecule has 0 aliphatic rings. The lowest BCUT2D eigenvalue weighted by atomic mass is 10.2. The Labute approximate surface area is 131 Å². The highest BCUT2D eigenvalue weighted by Gasteiger charge is 2.13. The number of nitrogens with one attached hydrogen (secondary N) is 1. The lowest BCUT2D eigenvalue weighted by Gasteiger charge is -2.16. The van der Waals surface area contributed by atoms with Crippen LogP contribution in [0.4, 0.5) is 0 Å². The van der Waals surface area contributed by atoms with Gasteiger partial charge in [-0.2, -0.15) is 0 Å². The van der Waals surface area contributed by atoms with Crippen molar-refractivity contribution < 1.29 is 14.0 Å². The van der Waals surface area contributed by atoms with Gasteiger partial charge in [-0.25, -0.2) is 0 Å². The highest BCUT2D eigenvalue weighted by Crippen LogP contribution is 2.11. The normalized spacial score (nSPS) is 10.2. The number of nitrogens with zero attached hydrogens (tertiary/aromatic N) is 1. The number of likely N-dealkylation sites (N-methyl/N-ethyl adjacent to an activating group) is 1. The fourth-order valence-electron chi connectivity index (χ4n) is 1.75. The fourth-order valence-corrected chi connectivity index (χ4v) is 2.15. The number of amides is 2. The maximum atomic E-state index is 11.9. The molecule has 110 valence electrons. The Kier molecular flexibility index (Phi) is 5.16. The van der Waals surface area contributed by atoms with Gasteiger partial charge in [0.1, 0.15) is 5.76 Å². The number of rotatable bonds is 5. The predicted octanol–water partition coefficient (Wildman–Crippen LogP) is 2.43. The van der Waals surface area contributed by atoms with Gasteiger partial charge in [-0.15, -0.1) is 0 Å². The van der Waals surface area contributed by atoms with Crippen LogP contribution in [0.15, 0.2) is 51.6 Å². The summed E-state index contributed by atoms with van der Waals surface area (Å²) in [5.74, 6) is 0.231. The molecule has 2 rings (SSSR count). The lowest BCUT2D eigenvalue weighted by Crippen LogP contribution is -2.37. The van der Waals surface area contributed by atoms with Crippen molar-refractivity contribution in [3.8, 4) is 0 Å². The second kappa shape index (κ2) is 7.08. The van der Waals surface area contributed by atoms with Crippen molar-refractivity contribution in [2.24, 2.45) is 0 Å². The molecule has 1 heterocycles. The molecule has 0 atom stereocenters. The number of furan rings is 1. The molecular formula is C15H15BrN2O3. The Balaban J connectivity index is 1.84. The van der Waals surface area contributed by atoms with E-state index in [1.165, 1.54) is 4.90 Å². The molecule has 2 aromatic rings. The SMILES string of the molecule is CN(Cc1ccco1)C(=O)CNC(=O)c1cccc(Br)c1. The smallest absolute Gasteiger partial charge is 0.251 e. The van der Waals surface area contributed by atoms with Crippen LogP contribution in [0.2, 0.25) is 0 Å². The van der Waals surface area contributed by atoms with Crippen LogP contribution in [-0.2, 0) is 11.3 Å². The Morgan fingerprint density at radius 2 is 2.10 bits per heavy atom. The molecule has 0 unspecified atom stereocenters. The monoisotopic (exact) mass is 350 g/mol. The predicted molar refractivity (Wildman–Crippen MR) is 81.7 cm³/mol. The molecule has 0 saturated heterocycles. The van der Waals surface area contributed by atoms with Crippen LogP contribution >= 0.6 is 15.9 Å². The molecular weight excluding hydrogens is 336 g/mol. The first-order chi connectivity index (χ1) is 10.1. The molecule has 0 spiro atoms. The van der Waals surface area contributed by atoms with Crippen molar-refractivity contribution in [3.63, 3.8) is 0 Å². The third-order valence-electron chi connectivity index (χ3n) is 2.89. The zero-order valence-electron chi connectivity index (χ0n) is 11.5. The Morgan fingerprint density at radius 1 is 1.29 bits per heavy atom. The first kappa shape index (κ1) is 15.3. The van der Waals surface area contributed by atoms with Crippen molar-refractivity contribution in [2.45, 2.75) is 6.54 Å². The minimum Gasteiger partial charge on any atom is -0.467 e. The van der Waals surface area contributed by atoms with Crippen LogP contribution in [0.25, 0.3) is 0 Å². The molecule has 0 bridgehead atoms. The summed E-state index contributed by atoms with van der Waals surface area (Å²) in [6, 6.07) is 10.6. The summed E-state index contributed by atoms with van der Waals surface area (Å²) in [4.78, 5) is 25.4. The van der Waals surface area contributed by atoms with Crippen LogP contribution in [0, 0.1) is 0 Å². The molecule has 0 saturated carbocycles. The molecule has 2 amide bonds. The van der Waals surface area contributed by atoms with Gasteiger partial charge in [0.25, 0.3) is 5.91 Å². The van der Waals surface area contributed by atoms with Crippen LogP contribution in [0.1, 0.15) is 16.1 Å². The maximum absolute atomic E-state index is 11.9. The van der Waals surface area contributed by atoms with Crippen molar-refractivity contribution in [1.29, 1.82) is 0 Å². The van der Waals surface area contributed by atoms with Gasteiger partial charge in [0, 0.05) is 17.1 Å². The second-order valence-corrected chi connectivity index (χ2v) is 5.44. The number of hydrogen-bond acceptors (Lipinski definition) is 3. The molecule has 0 aliphatic carbocycles. The molecule has 0 aliphatic heterocycles. The molecule has 1 aromatic carbocycles. The largest absolute Gasteiger partial charge is 0.467 e. The minimum absolute atomic E-state index is 0.0530. The molecule has 6 heteroatoms. The van der Waals surface area contributed by atoms with Crippen LogP contribution < -0.4 is 5.32 Å². The van der Waals surface area contributed by atoms with E-state index < -0.39 is 0 Å². The number of hydrogen-bond donors (Lipinski definition) is 1. The van der Waals surface area contributed by atoms with E-state index in [-0.39, 0.29) is 18.4 Å². The number of halogens is 1. The van der Waals surface area contributed by atoms with E-state index in [4.69, 9.17) is 4.42 Å². The zero-order valence-corrected chi connectivity index (χ0v) is 13.1. The summed E-state index contributed by atoms with van der Waals surface area (Å²) in [6.07, 6.45) is 1.56. The van der Waals surface area contributed by atoms with E-state index in [2.05, 4.69) is 21.2 Å². The zero-order chi connectivity index (χ0) is 15.2. The number of carbonyl (C=O) groups excluding carboxylic acids is 2. The first-order valence-corrected chi connectivity index (χ1v) is 7.15. The van der Waals surface area contributed by atoms with Gasteiger partial charge in [0.2, 0.25) is 5.91 Å². The summed E-state index contributed by atoms with van der Waals surface area (Å²) < 4.78 is 5.99. The van der Waals surface area contributed by atoms with Crippen molar-refractivity contribution in [1.82, 2.24) is 10.2 Å². The van der Waals surface area contributed by atoms with Crippen molar-refractivity contribution in [3.05, 3.63) is 58.5 Å². The van der Waals surface area contributed by atoms with Crippen molar-refractivity contribution in [2.75, 3.05) is 13.6 Å². The van der Waals surface area contributed by atoms with E-state index in [9.17, 15) is 9.59 Å². The van der Waals surface area contributed by atoms with Gasteiger partial charge >= 0.3 is 0 Å². The summed E-state index contributed by atoms with van der Waals surface area (Å²) in [5, 5.41) is 2.60. The van der Waals surface area contributed by atoms with E-state index in [0.29, 0.717) is 17.9 Å². The topological polar surface area (TPSA) is 62.6 Å². The van der Waals surface area contributed by atoms with Gasteiger partial charge < -0.3 is 14.6 Å². The summed E-state index contributed by atoms with van der Waals surface area (Å²) >= 11 is 3.30. The maximum Gasteiger partial charge on any atom is 0.251 e. The third-order valence-corrected chi connectivity index (χ3v) is 3.38. The molecule has 5 nitrogen and oxygen atoms in total. The minimum atomic E-state index is -0.281. The lowest BCUT2D eigenvalue weighted by molar-refractivity contribution is -0.129. The van der Waals surface area contributed by atoms with Crippen LogP contribution in [0.3, 0.4) is 0 Å². The van der Waals surface area contributed by atoms with E-state index >= 15 is 0 Å². The highest BCUT2D eigenvalue weighted by atomic mass is 79.9. The molecule has 21 heavy (non-hydrogen) atoms. The van der Waals surface area contributed by atoms with Crippen LogP contribution in [0.5, 0.6) is 0 Å². The summed E-state index contributed by atoms with van der Waals surface area (Å²) in [6.45, 7) is 0.321. The van der Waals surface area contributed by atoms with Gasteiger partial charge in [0.05, 0.1) is 19.4 Å². The summed E-state index contributed by atoms with van der Waals surface area (Å²) in [5.41, 5.74) is 0.505. The Hall–Kier alpha value is -2.08. The molecule has 0 radical (unpaired) electrons. The summed E-state index contributed by atoms with van der Waals surface area (Å²) in [7, 11) is 1.66. The van der Waals surface area contributed by atoms with Gasteiger partial charge in [-0.05, 0) is 30.3 Å². The fraction of sp³-hybridized carbons (Fsp3) is 0.200. The van der Waals surface area contributed by atoms with Gasteiger partial charge in [-0.1, -0.05) is 22.0 Å². The van der Waals surface area contributed by atoms with E-state index in [1.807, 2.05) is 6.07 Å². The average Bonchev–Trinajstić information content (AvgIpc) is 2.97. The van der Waals surface area contributed by atoms with Crippen molar-refractivity contribution >= 4 is 27.7 Å². The number of carbonyl (C=O) groups is 2. The quantitative estimate of drug-likeness (QED) is 0.900. The standard InChI is InChI=1S/C15H15BrN2O3/c1-18(10-13-6-3-7-21-13)14(19)9-17-15(20)11-4-2-5-12(16)8-11/h2-8H,9-10H2,1H3,(H,17,20). The van der Waals surface area contributed by atoms with E-state index in [1.54, 1.807) is 43.6 Å². The first-order valence-electron chi connectivity index (χ1n) is 6.36. The van der Waals surface area contributed by atoms with E-state index in [0.717, 1.165) is 4.47 Å². The second-order valence-electron chi connectivity index (χ2n) is 4.52. The van der Waals surface area contributed by atoms with Gasteiger partial charge in [0.15, 0.2) is 0 Å².